The molecular formula is C19H31N3O4S. The minimum atomic E-state index is -3.68. The van der Waals surface area contributed by atoms with Crippen LogP contribution >= 0.6 is 0 Å². The van der Waals surface area contributed by atoms with E-state index in [1.165, 1.54) is 12.1 Å². The van der Waals surface area contributed by atoms with Crippen LogP contribution in [0.5, 0.6) is 0 Å². The predicted molar refractivity (Wildman–Crippen MR) is 105 cm³/mol. The highest BCUT2D eigenvalue weighted by atomic mass is 32.2. The number of hydrogen-bond donors (Lipinski definition) is 2. The smallest absolute Gasteiger partial charge is 0.238 e. The minimum absolute atomic E-state index is 0.00698. The largest absolute Gasteiger partial charge is 0.379 e. The Labute approximate surface area is 162 Å². The van der Waals surface area contributed by atoms with Crippen LogP contribution in [0.1, 0.15) is 32.3 Å². The van der Waals surface area contributed by atoms with Crippen LogP contribution in [0.3, 0.4) is 0 Å². The lowest BCUT2D eigenvalue weighted by atomic mass is 10.0. The molecule has 1 aliphatic heterocycles. The zero-order valence-corrected chi connectivity index (χ0v) is 17.0. The third-order valence-electron chi connectivity index (χ3n) is 4.73. The summed E-state index contributed by atoms with van der Waals surface area (Å²) in [5.41, 5.74) is 0.907. The van der Waals surface area contributed by atoms with Crippen LogP contribution in [0.4, 0.5) is 0 Å². The number of rotatable bonds is 9. The number of benzene rings is 1. The van der Waals surface area contributed by atoms with Crippen LogP contribution in [-0.4, -0.2) is 58.1 Å². The molecule has 0 saturated carbocycles. The molecule has 1 unspecified atom stereocenters. The topological polar surface area (TPSA) is 102 Å². The van der Waals surface area contributed by atoms with Crippen LogP contribution in [0.2, 0.25) is 0 Å². The fraction of sp³-hybridized carbons (Fsp3) is 0.632. The molecule has 1 aliphatic rings. The van der Waals surface area contributed by atoms with E-state index in [2.05, 4.69) is 24.1 Å². The molecule has 0 radical (unpaired) electrons. The Balaban J connectivity index is 1.81. The summed E-state index contributed by atoms with van der Waals surface area (Å²) in [6.45, 7) is 8.34. The van der Waals surface area contributed by atoms with Crippen molar-refractivity contribution in [3.63, 3.8) is 0 Å². The van der Waals surface area contributed by atoms with Gasteiger partial charge >= 0.3 is 0 Å². The number of nitrogens with one attached hydrogen (secondary N) is 1. The van der Waals surface area contributed by atoms with E-state index in [9.17, 15) is 13.2 Å². The molecule has 2 rings (SSSR count). The first-order valence-electron chi connectivity index (χ1n) is 9.46. The van der Waals surface area contributed by atoms with Crippen molar-refractivity contribution in [2.24, 2.45) is 11.1 Å². The van der Waals surface area contributed by atoms with E-state index in [-0.39, 0.29) is 10.8 Å². The Bertz CT molecular complexity index is 698. The van der Waals surface area contributed by atoms with E-state index >= 15 is 0 Å². The number of sulfonamides is 1. The molecule has 1 atom stereocenters. The lowest BCUT2D eigenvalue weighted by Crippen LogP contribution is -2.49. The van der Waals surface area contributed by atoms with Gasteiger partial charge in [-0.3, -0.25) is 9.69 Å². The fourth-order valence-corrected chi connectivity index (χ4v) is 3.79. The quantitative estimate of drug-likeness (QED) is 0.650. The predicted octanol–water partition coefficient (Wildman–Crippen LogP) is 1.13. The molecule has 1 fully saturated rings. The van der Waals surface area contributed by atoms with Crippen molar-refractivity contribution in [3.8, 4) is 0 Å². The van der Waals surface area contributed by atoms with Crippen LogP contribution in [-0.2, 0) is 26.0 Å². The third-order valence-corrected chi connectivity index (χ3v) is 5.66. The van der Waals surface area contributed by atoms with Crippen LogP contribution in [0, 0.1) is 5.92 Å². The van der Waals surface area contributed by atoms with Crippen molar-refractivity contribution in [3.05, 3.63) is 29.8 Å². The second-order valence-electron chi connectivity index (χ2n) is 7.42. The lowest BCUT2D eigenvalue weighted by molar-refractivity contribution is -0.121. The molecule has 0 aromatic heterocycles. The van der Waals surface area contributed by atoms with E-state index in [1.54, 1.807) is 12.1 Å². The highest BCUT2D eigenvalue weighted by molar-refractivity contribution is 7.89. The van der Waals surface area contributed by atoms with Gasteiger partial charge in [0.2, 0.25) is 15.9 Å². The molecule has 1 aromatic carbocycles. The highest BCUT2D eigenvalue weighted by Gasteiger charge is 2.22. The van der Waals surface area contributed by atoms with E-state index < -0.39 is 10.0 Å². The Morgan fingerprint density at radius 1 is 1.22 bits per heavy atom. The average molecular weight is 398 g/mol. The van der Waals surface area contributed by atoms with Crippen LogP contribution in [0.25, 0.3) is 0 Å². The summed E-state index contributed by atoms with van der Waals surface area (Å²) < 4.78 is 28.0. The first-order chi connectivity index (χ1) is 12.8. The number of nitrogens with zero attached hydrogens (tertiary/aromatic N) is 1. The number of ether oxygens (including phenoxy) is 1. The molecule has 1 heterocycles. The van der Waals surface area contributed by atoms with Gasteiger partial charge in [-0.15, -0.1) is 0 Å². The molecule has 1 saturated heterocycles. The van der Waals surface area contributed by atoms with Crippen molar-refractivity contribution in [1.82, 2.24) is 10.2 Å². The minimum Gasteiger partial charge on any atom is -0.379 e. The van der Waals surface area contributed by atoms with E-state index in [1.807, 2.05) is 0 Å². The molecule has 152 valence electrons. The summed E-state index contributed by atoms with van der Waals surface area (Å²) in [5, 5.41) is 8.14. The number of nitrogens with two attached hydrogens (primary N) is 1. The van der Waals surface area contributed by atoms with Crippen molar-refractivity contribution >= 4 is 15.9 Å². The lowest BCUT2D eigenvalue weighted by Gasteiger charge is -2.35. The number of aryl methyl sites for hydroxylation is 1. The summed E-state index contributed by atoms with van der Waals surface area (Å²) in [5.74, 6) is 0.569. The average Bonchev–Trinajstić information content (AvgIpc) is 2.63. The van der Waals surface area contributed by atoms with E-state index in [0.717, 1.165) is 38.3 Å². The monoisotopic (exact) mass is 397 g/mol. The molecular weight excluding hydrogens is 366 g/mol. The van der Waals surface area contributed by atoms with Crippen LogP contribution < -0.4 is 10.5 Å². The number of carbonyl (C=O) groups is 1. The molecule has 3 N–H and O–H groups in total. The Morgan fingerprint density at radius 3 is 2.41 bits per heavy atom. The van der Waals surface area contributed by atoms with Gasteiger partial charge in [-0.05, 0) is 36.5 Å². The molecule has 8 heteroatoms. The Morgan fingerprint density at radius 2 is 1.85 bits per heavy atom. The summed E-state index contributed by atoms with van der Waals surface area (Å²) >= 11 is 0. The zero-order chi connectivity index (χ0) is 19.9. The fourth-order valence-electron chi connectivity index (χ4n) is 3.27. The van der Waals surface area contributed by atoms with Crippen molar-refractivity contribution < 1.29 is 17.9 Å². The van der Waals surface area contributed by atoms with Gasteiger partial charge in [-0.1, -0.05) is 26.0 Å². The highest BCUT2D eigenvalue weighted by Crippen LogP contribution is 2.13. The second kappa shape index (κ2) is 10.2. The first kappa shape index (κ1) is 21.8. The molecule has 0 bridgehead atoms. The number of primary sulfonamides is 1. The molecule has 0 spiro atoms. The number of hydrogen-bond acceptors (Lipinski definition) is 5. The maximum absolute atomic E-state index is 12.2. The molecule has 27 heavy (non-hydrogen) atoms. The summed E-state index contributed by atoms with van der Waals surface area (Å²) in [7, 11) is -3.68. The van der Waals surface area contributed by atoms with Crippen molar-refractivity contribution in [2.45, 2.75) is 44.0 Å². The molecule has 1 aromatic rings. The van der Waals surface area contributed by atoms with Gasteiger partial charge in [-0.25, -0.2) is 13.6 Å². The van der Waals surface area contributed by atoms with Gasteiger partial charge in [-0.2, -0.15) is 0 Å². The molecule has 1 amide bonds. The Hall–Kier alpha value is -1.48. The second-order valence-corrected chi connectivity index (χ2v) is 8.99. The van der Waals surface area contributed by atoms with Crippen LogP contribution in [0.15, 0.2) is 29.2 Å². The van der Waals surface area contributed by atoms with Gasteiger partial charge in [0.15, 0.2) is 0 Å². The third kappa shape index (κ3) is 7.57. The van der Waals surface area contributed by atoms with E-state index in [0.29, 0.717) is 31.3 Å². The van der Waals surface area contributed by atoms with E-state index in [4.69, 9.17) is 9.88 Å². The van der Waals surface area contributed by atoms with Crippen molar-refractivity contribution in [2.75, 3.05) is 32.8 Å². The zero-order valence-electron chi connectivity index (χ0n) is 16.2. The molecule has 7 nitrogen and oxygen atoms in total. The van der Waals surface area contributed by atoms with Gasteiger partial charge < -0.3 is 10.1 Å². The van der Waals surface area contributed by atoms with Crippen molar-refractivity contribution in [1.29, 1.82) is 0 Å². The first-order valence-corrected chi connectivity index (χ1v) is 11.0. The number of morpholine rings is 1. The number of amides is 1. The maximum atomic E-state index is 12.2. The van der Waals surface area contributed by atoms with Gasteiger partial charge in [0.1, 0.15) is 0 Å². The molecule has 0 aliphatic carbocycles. The standard InChI is InChI=1S/C19H31N3O4S/c1-15(2)13-17(22-9-11-26-12-10-22)14-21-19(23)8-5-16-3-6-18(7-4-16)27(20,24)25/h3-4,6-7,15,17H,5,8-14H2,1-2H3,(H,21,23)(H2,20,24,25). The van der Waals surface area contributed by atoms with Gasteiger partial charge in [0.05, 0.1) is 18.1 Å². The van der Waals surface area contributed by atoms with Gasteiger partial charge in [0, 0.05) is 32.1 Å². The number of carbonyl (C=O) groups excluding carboxylic acids is 1. The maximum Gasteiger partial charge on any atom is 0.238 e. The summed E-state index contributed by atoms with van der Waals surface area (Å²) in [6, 6.07) is 6.66. The van der Waals surface area contributed by atoms with Gasteiger partial charge in [0.25, 0.3) is 0 Å². The summed E-state index contributed by atoms with van der Waals surface area (Å²) in [6.07, 6.45) is 1.96. The SMILES string of the molecule is CC(C)CC(CNC(=O)CCc1ccc(S(N)(=O)=O)cc1)N1CCOCC1. The normalized spacial score (nSPS) is 17.0. The Kier molecular flexibility index (Phi) is 8.22. The summed E-state index contributed by atoms with van der Waals surface area (Å²) in [4.78, 5) is 14.7.